The number of nitrogens with one attached hydrogen (secondary N) is 1. The molecular weight excluding hydrogens is 366 g/mol. The van der Waals surface area contributed by atoms with Crippen LogP contribution in [-0.2, 0) is 0 Å². The number of benzene rings is 1. The van der Waals surface area contributed by atoms with Crippen molar-refractivity contribution in [2.24, 2.45) is 11.3 Å². The highest BCUT2D eigenvalue weighted by Gasteiger charge is 2.49. The van der Waals surface area contributed by atoms with Gasteiger partial charge in [-0.15, -0.1) is 0 Å². The van der Waals surface area contributed by atoms with E-state index in [1.54, 1.807) is 11.1 Å². The van der Waals surface area contributed by atoms with Crippen LogP contribution in [0.4, 0.5) is 0 Å². The third-order valence-corrected chi connectivity index (χ3v) is 8.94. The van der Waals surface area contributed by atoms with Crippen molar-refractivity contribution in [3.05, 3.63) is 35.4 Å². The van der Waals surface area contributed by atoms with E-state index in [0.29, 0.717) is 17.4 Å². The maximum Gasteiger partial charge on any atom is 0.0481 e. The summed E-state index contributed by atoms with van der Waals surface area (Å²) in [5.74, 6) is 1.56. The summed E-state index contributed by atoms with van der Waals surface area (Å²) in [7, 11) is 0. The van der Waals surface area contributed by atoms with Crippen LogP contribution in [-0.4, -0.2) is 55.1 Å². The van der Waals surface area contributed by atoms with Crippen molar-refractivity contribution < 1.29 is 0 Å². The second-order valence-corrected chi connectivity index (χ2v) is 11.3. The second kappa shape index (κ2) is 8.92. The fraction of sp³-hybridized carbons (Fsp3) is 0.778. The summed E-state index contributed by atoms with van der Waals surface area (Å²) < 4.78 is 0. The molecule has 2 aliphatic carbocycles. The Hall–Kier alpha value is -0.900. The first-order valence-electron chi connectivity index (χ1n) is 12.9. The van der Waals surface area contributed by atoms with E-state index in [1.165, 1.54) is 90.6 Å². The van der Waals surface area contributed by atoms with Crippen molar-refractivity contribution in [2.45, 2.75) is 83.2 Å². The first kappa shape index (κ1) is 21.0. The predicted octanol–water partition coefficient (Wildman–Crippen LogP) is 5.19. The van der Waals surface area contributed by atoms with Crippen LogP contribution in [0.15, 0.2) is 24.3 Å². The van der Waals surface area contributed by atoms with Gasteiger partial charge in [0.2, 0.25) is 0 Å². The van der Waals surface area contributed by atoms with Crippen LogP contribution < -0.4 is 5.32 Å². The minimum absolute atomic E-state index is 0.586. The molecule has 4 fully saturated rings. The molecule has 0 amide bonds. The molecule has 2 heterocycles. The van der Waals surface area contributed by atoms with E-state index < -0.39 is 0 Å². The summed E-state index contributed by atoms with van der Waals surface area (Å²) in [5, 5.41) is 3.58. The van der Waals surface area contributed by atoms with Crippen LogP contribution in [0.3, 0.4) is 0 Å². The molecule has 5 rings (SSSR count). The number of nitrogens with zero attached hydrogens (tertiary/aromatic N) is 2. The average molecular weight is 410 g/mol. The highest BCUT2D eigenvalue weighted by Crippen LogP contribution is 2.52. The summed E-state index contributed by atoms with van der Waals surface area (Å²) in [5.41, 5.74) is 3.86. The molecule has 2 aliphatic heterocycles. The monoisotopic (exact) mass is 409 g/mol. The van der Waals surface area contributed by atoms with Gasteiger partial charge in [-0.3, -0.25) is 9.80 Å². The zero-order valence-electron chi connectivity index (χ0n) is 19.4. The molecule has 1 aromatic carbocycles. The first-order chi connectivity index (χ1) is 14.6. The van der Waals surface area contributed by atoms with E-state index in [-0.39, 0.29) is 0 Å². The number of piperidine rings is 1. The van der Waals surface area contributed by atoms with Crippen LogP contribution in [0.5, 0.6) is 0 Å². The van der Waals surface area contributed by atoms with Crippen LogP contribution >= 0.6 is 0 Å². The lowest BCUT2D eigenvalue weighted by Crippen LogP contribution is -2.60. The summed E-state index contributed by atoms with van der Waals surface area (Å²) in [6.07, 6.45) is 11.5. The largest absolute Gasteiger partial charge is 0.317 e. The van der Waals surface area contributed by atoms with Gasteiger partial charge in [-0.2, -0.15) is 0 Å². The highest BCUT2D eigenvalue weighted by molar-refractivity contribution is 5.33. The molecule has 0 radical (unpaired) electrons. The summed E-state index contributed by atoms with van der Waals surface area (Å²) in [6.45, 7) is 12.3. The van der Waals surface area contributed by atoms with Gasteiger partial charge in [0, 0.05) is 38.3 Å². The molecular formula is C27H43N3. The van der Waals surface area contributed by atoms with Crippen LogP contribution in [0.2, 0.25) is 0 Å². The number of hydrogen-bond donors (Lipinski definition) is 1. The Bertz CT molecular complexity index is 694. The average Bonchev–Trinajstić information content (AvgIpc) is 3.25. The van der Waals surface area contributed by atoms with Gasteiger partial charge >= 0.3 is 0 Å². The third kappa shape index (κ3) is 4.23. The summed E-state index contributed by atoms with van der Waals surface area (Å²) in [6, 6.07) is 10.8. The van der Waals surface area contributed by atoms with Gasteiger partial charge in [0.15, 0.2) is 0 Å². The van der Waals surface area contributed by atoms with E-state index in [0.717, 1.165) is 12.0 Å². The van der Waals surface area contributed by atoms with Crippen molar-refractivity contribution in [3.63, 3.8) is 0 Å². The molecule has 0 bridgehead atoms. The van der Waals surface area contributed by atoms with Crippen molar-refractivity contribution in [1.29, 1.82) is 0 Å². The van der Waals surface area contributed by atoms with Gasteiger partial charge in [-0.1, -0.05) is 51.0 Å². The molecule has 1 unspecified atom stereocenters. The lowest BCUT2D eigenvalue weighted by atomic mass is 9.60. The molecule has 3 heteroatoms. The zero-order chi connectivity index (χ0) is 20.6. The summed E-state index contributed by atoms with van der Waals surface area (Å²) in [4.78, 5) is 5.77. The molecule has 1 N–H and O–H groups in total. The van der Waals surface area contributed by atoms with Gasteiger partial charge in [0.25, 0.3) is 0 Å². The van der Waals surface area contributed by atoms with E-state index >= 15 is 0 Å². The molecule has 2 saturated carbocycles. The van der Waals surface area contributed by atoms with Crippen LogP contribution in [0, 0.1) is 11.3 Å². The van der Waals surface area contributed by atoms with E-state index in [4.69, 9.17) is 0 Å². The quantitative estimate of drug-likeness (QED) is 0.722. The Labute approximate surface area is 184 Å². The number of piperazine rings is 1. The fourth-order valence-corrected chi connectivity index (χ4v) is 7.17. The van der Waals surface area contributed by atoms with Crippen molar-refractivity contribution in [3.8, 4) is 0 Å². The molecule has 1 spiro atoms. The Morgan fingerprint density at radius 3 is 2.50 bits per heavy atom. The first-order valence-corrected chi connectivity index (χ1v) is 12.9. The number of rotatable bonds is 5. The smallest absolute Gasteiger partial charge is 0.0481 e. The molecule has 0 aromatic heterocycles. The van der Waals surface area contributed by atoms with Crippen LogP contribution in [0.1, 0.15) is 88.3 Å². The van der Waals surface area contributed by atoms with Gasteiger partial charge in [-0.25, -0.2) is 0 Å². The van der Waals surface area contributed by atoms with Crippen molar-refractivity contribution in [2.75, 3.05) is 39.3 Å². The normalized spacial score (nSPS) is 29.0. The Morgan fingerprint density at radius 1 is 1.03 bits per heavy atom. The standard InChI is InChI=1S/C27H43N3/c1-21(2)24-9-5-6-10-25(24)26-20-29(19-22-7-3-4-8-22)15-16-30(26)23-17-27(18-23)11-13-28-14-12-27/h5-6,9-10,21-23,26,28H,3-4,7-8,11-20H2,1-2H3. The van der Waals surface area contributed by atoms with E-state index in [9.17, 15) is 0 Å². The van der Waals surface area contributed by atoms with Gasteiger partial charge in [-0.05, 0) is 80.0 Å². The molecule has 3 nitrogen and oxygen atoms in total. The van der Waals surface area contributed by atoms with Crippen LogP contribution in [0.25, 0.3) is 0 Å². The minimum atomic E-state index is 0.586. The van der Waals surface area contributed by atoms with E-state index in [1.807, 2.05) is 0 Å². The topological polar surface area (TPSA) is 18.5 Å². The minimum Gasteiger partial charge on any atom is -0.317 e. The fourth-order valence-electron chi connectivity index (χ4n) is 7.17. The van der Waals surface area contributed by atoms with Crippen molar-refractivity contribution >= 4 is 0 Å². The maximum atomic E-state index is 3.58. The van der Waals surface area contributed by atoms with Gasteiger partial charge in [0.1, 0.15) is 0 Å². The van der Waals surface area contributed by atoms with Crippen molar-refractivity contribution in [1.82, 2.24) is 15.1 Å². The van der Waals surface area contributed by atoms with Gasteiger partial charge in [0.05, 0.1) is 0 Å². The van der Waals surface area contributed by atoms with Gasteiger partial charge < -0.3 is 5.32 Å². The third-order valence-electron chi connectivity index (χ3n) is 8.94. The molecule has 166 valence electrons. The predicted molar refractivity (Wildman–Crippen MR) is 126 cm³/mol. The molecule has 2 saturated heterocycles. The molecule has 30 heavy (non-hydrogen) atoms. The lowest BCUT2D eigenvalue weighted by Gasteiger charge is -2.57. The highest BCUT2D eigenvalue weighted by atomic mass is 15.3. The Morgan fingerprint density at radius 2 is 1.77 bits per heavy atom. The maximum absolute atomic E-state index is 3.58. The Kier molecular flexibility index (Phi) is 6.24. The molecule has 4 aliphatic rings. The molecule has 1 atom stereocenters. The number of hydrogen-bond acceptors (Lipinski definition) is 3. The van der Waals surface area contributed by atoms with E-state index in [2.05, 4.69) is 53.2 Å². The summed E-state index contributed by atoms with van der Waals surface area (Å²) >= 11 is 0. The Balaban J connectivity index is 1.34. The SMILES string of the molecule is CC(C)c1ccccc1C1CN(CC2CCCC2)CCN1C1CC2(CCNCC2)C1. The molecule has 1 aromatic rings. The zero-order valence-corrected chi connectivity index (χ0v) is 19.4. The lowest BCUT2D eigenvalue weighted by molar-refractivity contribution is -0.0654. The second-order valence-electron chi connectivity index (χ2n) is 11.3.